The van der Waals surface area contributed by atoms with E-state index in [2.05, 4.69) is 17.6 Å². The van der Waals surface area contributed by atoms with Crippen LogP contribution >= 0.6 is 11.8 Å². The second kappa shape index (κ2) is 8.07. The van der Waals surface area contributed by atoms with Crippen molar-refractivity contribution in [3.8, 4) is 0 Å². The number of urea groups is 1. The van der Waals surface area contributed by atoms with Crippen LogP contribution in [-0.2, 0) is 9.59 Å². The molecule has 1 saturated carbocycles. The summed E-state index contributed by atoms with van der Waals surface area (Å²) in [5.41, 5.74) is -0.0378. The lowest BCUT2D eigenvalue weighted by Gasteiger charge is -2.20. The molecule has 21 heavy (non-hydrogen) atoms. The molecule has 2 atom stereocenters. The Kier molecular flexibility index (Phi) is 6.74. The van der Waals surface area contributed by atoms with Gasteiger partial charge in [-0.2, -0.15) is 11.8 Å². The Hall–Kier alpha value is -1.50. The van der Waals surface area contributed by atoms with Gasteiger partial charge < -0.3 is 10.4 Å². The van der Waals surface area contributed by atoms with Gasteiger partial charge in [0.2, 0.25) is 0 Å². The summed E-state index contributed by atoms with van der Waals surface area (Å²) >= 11 is 1.81. The van der Waals surface area contributed by atoms with Gasteiger partial charge in [-0.05, 0) is 32.4 Å². The molecule has 0 saturated heterocycles. The van der Waals surface area contributed by atoms with Gasteiger partial charge in [0, 0.05) is 22.4 Å². The lowest BCUT2D eigenvalue weighted by molar-refractivity contribution is -0.133. The number of carbonyl (C=O) groups is 3. The number of aliphatic carboxylic acids is 1. The van der Waals surface area contributed by atoms with Gasteiger partial charge in [-0.3, -0.25) is 10.1 Å². The summed E-state index contributed by atoms with van der Waals surface area (Å²) in [5, 5.41) is 14.2. The highest BCUT2D eigenvalue weighted by molar-refractivity contribution is 7.99. The third-order valence-electron chi connectivity index (χ3n) is 3.60. The van der Waals surface area contributed by atoms with Crippen LogP contribution in [0.4, 0.5) is 4.79 Å². The smallest absolute Gasteiger partial charge is 0.331 e. The lowest BCUT2D eigenvalue weighted by Crippen LogP contribution is -2.47. The minimum Gasteiger partial charge on any atom is -0.478 e. The molecule has 0 radical (unpaired) electrons. The zero-order valence-corrected chi connectivity index (χ0v) is 13.4. The van der Waals surface area contributed by atoms with Crippen molar-refractivity contribution in [2.75, 3.05) is 5.75 Å². The fourth-order valence-electron chi connectivity index (χ4n) is 2.24. The van der Waals surface area contributed by atoms with Crippen LogP contribution in [0.1, 0.15) is 40.0 Å². The molecule has 3 N–H and O–H groups in total. The zero-order chi connectivity index (χ0) is 16.0. The van der Waals surface area contributed by atoms with E-state index < -0.39 is 17.9 Å². The van der Waals surface area contributed by atoms with E-state index in [1.807, 2.05) is 11.8 Å². The largest absolute Gasteiger partial charge is 0.478 e. The van der Waals surface area contributed by atoms with Crippen molar-refractivity contribution in [3.63, 3.8) is 0 Å². The Labute approximate surface area is 128 Å². The average Bonchev–Trinajstić information content (AvgIpc) is 2.84. The minimum atomic E-state index is -1.17. The molecule has 0 aromatic heterocycles. The van der Waals surface area contributed by atoms with E-state index in [1.165, 1.54) is 13.8 Å². The number of thioether (sulfide) groups is 1. The summed E-state index contributed by atoms with van der Waals surface area (Å²) in [4.78, 5) is 34.4. The van der Waals surface area contributed by atoms with Gasteiger partial charge in [0.25, 0.3) is 5.91 Å². The van der Waals surface area contributed by atoms with Crippen molar-refractivity contribution in [1.29, 1.82) is 0 Å². The Bertz CT molecular complexity index is 462. The molecule has 0 heterocycles. The number of hydrogen-bond acceptors (Lipinski definition) is 4. The van der Waals surface area contributed by atoms with Gasteiger partial charge in [-0.15, -0.1) is 0 Å². The maximum absolute atomic E-state index is 11.8. The second-order valence-corrected chi connectivity index (χ2v) is 6.53. The molecule has 6 nitrogen and oxygen atoms in total. The van der Waals surface area contributed by atoms with E-state index in [-0.39, 0.29) is 17.2 Å². The predicted molar refractivity (Wildman–Crippen MR) is 82.2 cm³/mol. The number of hydrogen-bond donors (Lipinski definition) is 3. The summed E-state index contributed by atoms with van der Waals surface area (Å²) in [6.07, 6.45) is 3.03. The first-order valence-corrected chi connectivity index (χ1v) is 8.05. The van der Waals surface area contributed by atoms with E-state index >= 15 is 0 Å². The summed E-state index contributed by atoms with van der Waals surface area (Å²) in [6, 6.07) is -0.501. The standard InChI is InChI=1S/C14H22N2O4S/c1-4-21-11-7-5-6-10(11)15-14(20)16-12(17)8(2)9(3)13(18)19/h10-11H,4-7H2,1-3H3,(H,18,19)(H2,15,16,17,20). The predicted octanol–water partition coefficient (Wildman–Crippen LogP) is 1.91. The van der Waals surface area contributed by atoms with Gasteiger partial charge in [-0.25, -0.2) is 9.59 Å². The number of rotatable bonds is 5. The molecular formula is C14H22N2O4S. The molecular weight excluding hydrogens is 292 g/mol. The van der Waals surface area contributed by atoms with Crippen LogP contribution in [0.5, 0.6) is 0 Å². The molecule has 0 bridgehead atoms. The zero-order valence-electron chi connectivity index (χ0n) is 12.6. The van der Waals surface area contributed by atoms with Crippen molar-refractivity contribution in [1.82, 2.24) is 10.6 Å². The third-order valence-corrected chi connectivity index (χ3v) is 4.93. The topological polar surface area (TPSA) is 95.5 Å². The monoisotopic (exact) mass is 314 g/mol. The van der Waals surface area contributed by atoms with Crippen LogP contribution in [0.2, 0.25) is 0 Å². The first kappa shape index (κ1) is 17.6. The van der Waals surface area contributed by atoms with Gasteiger partial charge in [0.1, 0.15) is 0 Å². The van der Waals surface area contributed by atoms with Gasteiger partial charge in [0.05, 0.1) is 0 Å². The Balaban J connectivity index is 2.56. The molecule has 0 aliphatic heterocycles. The molecule has 1 aliphatic carbocycles. The summed E-state index contributed by atoms with van der Waals surface area (Å²) in [5.74, 6) is -0.855. The van der Waals surface area contributed by atoms with E-state index in [0.717, 1.165) is 25.0 Å². The molecule has 118 valence electrons. The van der Waals surface area contributed by atoms with Gasteiger partial charge in [0.15, 0.2) is 0 Å². The maximum Gasteiger partial charge on any atom is 0.331 e. The van der Waals surface area contributed by atoms with Crippen LogP contribution in [0, 0.1) is 0 Å². The molecule has 1 rings (SSSR count). The summed E-state index contributed by atoms with van der Waals surface area (Å²) < 4.78 is 0. The number of carbonyl (C=O) groups excluding carboxylic acids is 2. The molecule has 1 aliphatic rings. The fourth-order valence-corrected chi connectivity index (χ4v) is 3.43. The Morgan fingerprint density at radius 1 is 1.19 bits per heavy atom. The SMILES string of the molecule is CCSC1CCCC1NC(=O)NC(=O)C(C)=C(C)C(=O)O. The Morgan fingerprint density at radius 2 is 1.86 bits per heavy atom. The number of nitrogens with one attached hydrogen (secondary N) is 2. The quantitative estimate of drug-likeness (QED) is 0.674. The second-order valence-electron chi connectivity index (χ2n) is 5.01. The van der Waals surface area contributed by atoms with Gasteiger partial charge >= 0.3 is 12.0 Å². The van der Waals surface area contributed by atoms with Crippen LogP contribution in [0.25, 0.3) is 0 Å². The third kappa shape index (κ3) is 5.08. The number of imide groups is 1. The number of amides is 3. The fraction of sp³-hybridized carbons (Fsp3) is 0.643. The summed E-state index contributed by atoms with van der Waals surface area (Å²) in [6.45, 7) is 4.80. The molecule has 0 spiro atoms. The molecule has 3 amide bonds. The van der Waals surface area contributed by atoms with E-state index in [4.69, 9.17) is 5.11 Å². The molecule has 2 unspecified atom stereocenters. The number of carboxylic acid groups (broad SMARTS) is 1. The van der Waals surface area contributed by atoms with E-state index in [0.29, 0.717) is 5.25 Å². The normalized spacial score (nSPS) is 22.4. The first-order chi connectivity index (χ1) is 9.86. The summed E-state index contributed by atoms with van der Waals surface area (Å²) in [7, 11) is 0. The lowest BCUT2D eigenvalue weighted by atomic mass is 10.1. The van der Waals surface area contributed by atoms with Gasteiger partial charge in [-0.1, -0.05) is 13.3 Å². The molecule has 1 fully saturated rings. The Morgan fingerprint density at radius 3 is 2.43 bits per heavy atom. The van der Waals surface area contributed by atoms with Crippen LogP contribution in [-0.4, -0.2) is 40.1 Å². The number of carboxylic acids is 1. The van der Waals surface area contributed by atoms with Crippen LogP contribution in [0.15, 0.2) is 11.1 Å². The molecule has 0 aromatic carbocycles. The van der Waals surface area contributed by atoms with Crippen molar-refractivity contribution in [2.45, 2.75) is 51.3 Å². The molecule has 0 aromatic rings. The van der Waals surface area contributed by atoms with Crippen molar-refractivity contribution >= 4 is 29.7 Å². The van der Waals surface area contributed by atoms with Crippen LogP contribution in [0.3, 0.4) is 0 Å². The maximum atomic E-state index is 11.8. The highest BCUT2D eigenvalue weighted by Crippen LogP contribution is 2.29. The van der Waals surface area contributed by atoms with E-state index in [9.17, 15) is 14.4 Å². The van der Waals surface area contributed by atoms with Crippen molar-refractivity contribution in [2.24, 2.45) is 0 Å². The van der Waals surface area contributed by atoms with Crippen molar-refractivity contribution < 1.29 is 19.5 Å². The van der Waals surface area contributed by atoms with E-state index in [1.54, 1.807) is 0 Å². The van der Waals surface area contributed by atoms with Crippen molar-refractivity contribution in [3.05, 3.63) is 11.1 Å². The minimum absolute atomic E-state index is 0.0311. The highest BCUT2D eigenvalue weighted by atomic mass is 32.2. The molecule has 7 heteroatoms. The van der Waals surface area contributed by atoms with Crippen LogP contribution < -0.4 is 10.6 Å². The highest BCUT2D eigenvalue weighted by Gasteiger charge is 2.29. The average molecular weight is 314 g/mol. The first-order valence-electron chi connectivity index (χ1n) is 7.01.